The molecule has 2 atom stereocenters. The number of aryl methyl sites for hydroxylation is 2. The molecule has 1 saturated heterocycles. The lowest BCUT2D eigenvalue weighted by molar-refractivity contribution is 0.0785. The van der Waals surface area contributed by atoms with E-state index in [0.717, 1.165) is 37.7 Å². The fourth-order valence-corrected chi connectivity index (χ4v) is 4.81. The number of carbonyl (C=O) groups excluding carboxylic acids is 1. The zero-order valence-electron chi connectivity index (χ0n) is 14.4. The minimum absolute atomic E-state index is 0.0172. The summed E-state index contributed by atoms with van der Waals surface area (Å²) in [4.78, 5) is 14.7. The lowest BCUT2D eigenvalue weighted by Crippen LogP contribution is -2.40. The molecule has 0 saturated carbocycles. The van der Waals surface area contributed by atoms with Crippen LogP contribution in [0.2, 0.25) is 0 Å². The van der Waals surface area contributed by atoms with Crippen molar-refractivity contribution >= 4 is 15.9 Å². The van der Waals surface area contributed by atoms with Crippen molar-refractivity contribution in [2.24, 2.45) is 5.92 Å². The number of rotatable bonds is 5. The van der Waals surface area contributed by atoms with Crippen LogP contribution in [0.1, 0.15) is 47.7 Å². The van der Waals surface area contributed by atoms with Gasteiger partial charge in [0.15, 0.2) is 0 Å². The fraction of sp³-hybridized carbons (Fsp3) is 0.611. The zero-order valence-corrected chi connectivity index (χ0v) is 15.2. The molecule has 0 radical (unpaired) electrons. The average Bonchev–Trinajstić information content (AvgIpc) is 3.12. The van der Waals surface area contributed by atoms with Crippen LogP contribution in [0, 0.1) is 5.92 Å². The maximum absolute atomic E-state index is 12.9. The zero-order chi connectivity index (χ0) is 17.3. The van der Waals surface area contributed by atoms with Crippen LogP contribution in [0.15, 0.2) is 18.2 Å². The van der Waals surface area contributed by atoms with Gasteiger partial charge in [0.2, 0.25) is 10.0 Å². The third-order valence-corrected chi connectivity index (χ3v) is 5.83. The molecule has 1 amide bonds. The molecule has 1 N–H and O–H groups in total. The van der Waals surface area contributed by atoms with Gasteiger partial charge in [-0.15, -0.1) is 0 Å². The average molecular weight is 350 g/mol. The molecule has 1 fully saturated rings. The number of likely N-dealkylation sites (tertiary alicyclic amines) is 1. The van der Waals surface area contributed by atoms with Gasteiger partial charge in [-0.05, 0) is 54.9 Å². The first-order chi connectivity index (χ1) is 11.4. The van der Waals surface area contributed by atoms with E-state index in [0.29, 0.717) is 13.1 Å². The number of hydrogen-bond donors (Lipinski definition) is 1. The monoisotopic (exact) mass is 350 g/mol. The first-order valence-electron chi connectivity index (χ1n) is 8.75. The van der Waals surface area contributed by atoms with Gasteiger partial charge in [-0.25, -0.2) is 13.1 Å². The third-order valence-electron chi connectivity index (χ3n) is 5.10. The first-order valence-corrected chi connectivity index (χ1v) is 10.6. The van der Waals surface area contributed by atoms with Gasteiger partial charge in [0.05, 0.1) is 6.26 Å². The summed E-state index contributed by atoms with van der Waals surface area (Å²) in [5, 5.41) is 0. The number of nitrogens with one attached hydrogen (secondary N) is 1. The minimum Gasteiger partial charge on any atom is -0.337 e. The molecule has 2 aliphatic rings. The van der Waals surface area contributed by atoms with Crippen molar-refractivity contribution < 1.29 is 13.2 Å². The molecule has 1 aliphatic carbocycles. The van der Waals surface area contributed by atoms with E-state index in [1.54, 1.807) is 4.90 Å². The van der Waals surface area contributed by atoms with Crippen LogP contribution in [-0.4, -0.2) is 44.6 Å². The van der Waals surface area contributed by atoms with Gasteiger partial charge in [0.1, 0.15) is 0 Å². The van der Waals surface area contributed by atoms with E-state index in [-0.39, 0.29) is 17.9 Å². The van der Waals surface area contributed by atoms with Gasteiger partial charge in [0.25, 0.3) is 5.91 Å². The van der Waals surface area contributed by atoms with E-state index in [1.807, 2.05) is 12.1 Å². The Hall–Kier alpha value is -1.40. The van der Waals surface area contributed by atoms with Crippen molar-refractivity contribution in [2.45, 2.75) is 45.1 Å². The summed E-state index contributed by atoms with van der Waals surface area (Å²) in [5.41, 5.74) is 3.37. The second-order valence-electron chi connectivity index (χ2n) is 7.09. The van der Waals surface area contributed by atoms with Gasteiger partial charge in [-0.2, -0.15) is 0 Å². The summed E-state index contributed by atoms with van der Waals surface area (Å²) in [5.74, 6) is 0.201. The van der Waals surface area contributed by atoms with Crippen LogP contribution in [0.4, 0.5) is 0 Å². The van der Waals surface area contributed by atoms with E-state index in [9.17, 15) is 13.2 Å². The number of hydrogen-bond acceptors (Lipinski definition) is 3. The minimum atomic E-state index is -3.27. The molecule has 1 aliphatic heterocycles. The van der Waals surface area contributed by atoms with Crippen molar-refractivity contribution in [1.82, 2.24) is 9.62 Å². The second-order valence-corrected chi connectivity index (χ2v) is 8.87. The van der Waals surface area contributed by atoms with E-state index < -0.39 is 10.0 Å². The summed E-state index contributed by atoms with van der Waals surface area (Å²) < 4.78 is 25.9. The quantitative estimate of drug-likeness (QED) is 0.883. The highest BCUT2D eigenvalue weighted by Crippen LogP contribution is 2.27. The molecular weight excluding hydrogens is 324 g/mol. The Kier molecular flexibility index (Phi) is 4.97. The molecule has 6 heteroatoms. The highest BCUT2D eigenvalue weighted by molar-refractivity contribution is 7.88. The van der Waals surface area contributed by atoms with Gasteiger partial charge in [0, 0.05) is 24.7 Å². The maximum atomic E-state index is 12.9. The van der Waals surface area contributed by atoms with Gasteiger partial charge < -0.3 is 4.90 Å². The topological polar surface area (TPSA) is 66.5 Å². The van der Waals surface area contributed by atoms with E-state index >= 15 is 0 Å². The van der Waals surface area contributed by atoms with Crippen LogP contribution in [0.3, 0.4) is 0 Å². The lowest BCUT2D eigenvalue weighted by Gasteiger charge is -2.17. The molecule has 0 bridgehead atoms. The molecule has 0 unspecified atom stereocenters. The molecule has 3 rings (SSSR count). The normalized spacial score (nSPS) is 23.5. The molecule has 24 heavy (non-hydrogen) atoms. The number of nitrogens with zero attached hydrogens (tertiary/aromatic N) is 1. The Balaban J connectivity index is 1.75. The lowest BCUT2D eigenvalue weighted by atomic mass is 9.99. The molecule has 132 valence electrons. The Morgan fingerprint density at radius 3 is 2.71 bits per heavy atom. The fourth-order valence-electron chi connectivity index (χ4n) is 4.00. The van der Waals surface area contributed by atoms with E-state index in [1.165, 1.54) is 17.4 Å². The van der Waals surface area contributed by atoms with E-state index in [4.69, 9.17) is 0 Å². The predicted molar refractivity (Wildman–Crippen MR) is 94.5 cm³/mol. The summed E-state index contributed by atoms with van der Waals surface area (Å²) >= 11 is 0. The molecule has 0 aromatic heterocycles. The van der Waals surface area contributed by atoms with Crippen molar-refractivity contribution in [3.05, 3.63) is 34.9 Å². The molecule has 1 aromatic carbocycles. The Bertz CT molecular complexity index is 730. The highest BCUT2D eigenvalue weighted by Gasteiger charge is 2.36. The molecule has 0 spiro atoms. The summed E-state index contributed by atoms with van der Waals surface area (Å²) in [6, 6.07) is 5.83. The van der Waals surface area contributed by atoms with Crippen LogP contribution in [-0.2, 0) is 22.9 Å². The van der Waals surface area contributed by atoms with Crippen molar-refractivity contribution in [1.29, 1.82) is 0 Å². The second kappa shape index (κ2) is 6.84. The number of benzene rings is 1. The smallest absolute Gasteiger partial charge is 0.253 e. The van der Waals surface area contributed by atoms with Crippen molar-refractivity contribution in [3.8, 4) is 0 Å². The van der Waals surface area contributed by atoms with Crippen LogP contribution in [0.25, 0.3) is 0 Å². The number of carbonyl (C=O) groups is 1. The molecule has 1 heterocycles. The van der Waals surface area contributed by atoms with Crippen LogP contribution in [0.5, 0.6) is 0 Å². The van der Waals surface area contributed by atoms with Crippen LogP contribution < -0.4 is 4.72 Å². The summed E-state index contributed by atoms with van der Waals surface area (Å²) in [7, 11) is -3.27. The number of sulfonamides is 1. The van der Waals surface area contributed by atoms with Gasteiger partial charge >= 0.3 is 0 Å². The molecular formula is C18H26N2O3S. The maximum Gasteiger partial charge on any atom is 0.253 e. The number of fused-ring (bicyclic) bond motifs is 1. The van der Waals surface area contributed by atoms with Crippen molar-refractivity contribution in [2.75, 3.05) is 19.3 Å². The third kappa shape index (κ3) is 3.81. The van der Waals surface area contributed by atoms with Gasteiger partial charge in [-0.1, -0.05) is 19.4 Å². The molecule has 1 aromatic rings. The predicted octanol–water partition coefficient (Wildman–Crippen LogP) is 1.97. The highest BCUT2D eigenvalue weighted by atomic mass is 32.2. The summed E-state index contributed by atoms with van der Waals surface area (Å²) in [6.07, 6.45) is 6.39. The largest absolute Gasteiger partial charge is 0.337 e. The first kappa shape index (κ1) is 17.4. The Morgan fingerprint density at radius 2 is 2.00 bits per heavy atom. The number of amides is 1. The SMILES string of the molecule is CCC[C@@H]1CN(C(=O)c2ccc3c(c2)CCC3)C[C@H]1NS(C)(=O)=O. The van der Waals surface area contributed by atoms with Gasteiger partial charge in [-0.3, -0.25) is 4.79 Å². The molecule has 5 nitrogen and oxygen atoms in total. The standard InChI is InChI=1S/C18H26N2O3S/c1-3-5-16-11-20(12-17(16)19-24(2,22)23)18(21)15-9-8-13-6-4-7-14(13)10-15/h8-10,16-17,19H,3-7,11-12H2,1-2H3/t16-,17-/m1/s1. The Morgan fingerprint density at radius 1 is 1.25 bits per heavy atom. The van der Waals surface area contributed by atoms with E-state index in [2.05, 4.69) is 17.7 Å². The summed E-state index contributed by atoms with van der Waals surface area (Å²) in [6.45, 7) is 3.16. The van der Waals surface area contributed by atoms with Crippen LogP contribution >= 0.6 is 0 Å². The Labute approximate surface area is 144 Å². The van der Waals surface area contributed by atoms with Crippen molar-refractivity contribution in [3.63, 3.8) is 0 Å².